The molecule has 0 radical (unpaired) electrons. The van der Waals surface area contributed by atoms with Gasteiger partial charge in [0.15, 0.2) is 5.96 Å². The zero-order valence-corrected chi connectivity index (χ0v) is 19.2. The Morgan fingerprint density at radius 3 is 2.37 bits per heavy atom. The van der Waals surface area contributed by atoms with Gasteiger partial charge in [-0.05, 0) is 59.2 Å². The summed E-state index contributed by atoms with van der Waals surface area (Å²) in [4.78, 5) is 21.4. The second-order valence-electron chi connectivity index (χ2n) is 8.79. The van der Waals surface area contributed by atoms with Gasteiger partial charge in [0.1, 0.15) is 6.54 Å². The summed E-state index contributed by atoms with van der Waals surface area (Å²) in [7, 11) is 0. The zero-order valence-electron chi connectivity index (χ0n) is 19.2. The quantitative estimate of drug-likeness (QED) is 0.327. The summed E-state index contributed by atoms with van der Waals surface area (Å²) in [6.45, 7) is 15.3. The Balaban J connectivity index is 1.61. The molecule has 0 spiro atoms. The number of rotatable bonds is 9. The number of amides is 1. The monoisotopic (exact) mass is 416 g/mol. The minimum absolute atomic E-state index is 0.0608. The molecule has 0 aliphatic carbocycles. The fourth-order valence-corrected chi connectivity index (χ4v) is 3.49. The van der Waals surface area contributed by atoms with Crippen LogP contribution in [0.3, 0.4) is 0 Å². The van der Waals surface area contributed by atoms with Crippen molar-refractivity contribution in [2.45, 2.75) is 46.1 Å². The van der Waals surface area contributed by atoms with Crippen LogP contribution in [0.5, 0.6) is 0 Å². The Labute approximate surface area is 182 Å². The fourth-order valence-electron chi connectivity index (χ4n) is 3.49. The average molecular weight is 417 g/mol. The van der Waals surface area contributed by atoms with E-state index in [4.69, 9.17) is 0 Å². The largest absolute Gasteiger partial charge is 0.369 e. The van der Waals surface area contributed by atoms with Crippen LogP contribution >= 0.6 is 0 Å². The standard InChI is InChI=1S/C23H40N6O/c1-5-24-22(26-19-21(30)27-23(2,3)4)25-13-9-10-14-28-15-17-29(18-16-28)20-11-7-6-8-12-20/h6-8,11-12H,5,9-10,13-19H2,1-4H3,(H,27,30)(H2,24,25,26). The Morgan fingerprint density at radius 1 is 1.03 bits per heavy atom. The smallest absolute Gasteiger partial charge is 0.242 e. The first-order valence-corrected chi connectivity index (χ1v) is 11.2. The van der Waals surface area contributed by atoms with Crippen LogP contribution in [-0.4, -0.2) is 74.7 Å². The third-order valence-corrected chi connectivity index (χ3v) is 4.93. The van der Waals surface area contributed by atoms with E-state index in [1.165, 1.54) is 5.69 Å². The van der Waals surface area contributed by atoms with Gasteiger partial charge in [-0.3, -0.25) is 9.69 Å². The van der Waals surface area contributed by atoms with Crippen molar-refractivity contribution in [2.75, 3.05) is 57.3 Å². The molecule has 2 rings (SSSR count). The summed E-state index contributed by atoms with van der Waals surface area (Å²) < 4.78 is 0. The fraction of sp³-hybridized carbons (Fsp3) is 0.652. The first kappa shape index (κ1) is 24.0. The van der Waals surface area contributed by atoms with Crippen molar-refractivity contribution in [2.24, 2.45) is 4.99 Å². The molecular weight excluding hydrogens is 376 g/mol. The third-order valence-electron chi connectivity index (χ3n) is 4.93. The highest BCUT2D eigenvalue weighted by Crippen LogP contribution is 2.15. The highest BCUT2D eigenvalue weighted by Gasteiger charge is 2.16. The molecule has 7 nitrogen and oxygen atoms in total. The van der Waals surface area contributed by atoms with E-state index < -0.39 is 0 Å². The number of anilines is 1. The van der Waals surface area contributed by atoms with E-state index in [1.54, 1.807) is 0 Å². The van der Waals surface area contributed by atoms with Crippen LogP contribution in [0.1, 0.15) is 40.5 Å². The van der Waals surface area contributed by atoms with Gasteiger partial charge in [0.25, 0.3) is 0 Å². The lowest BCUT2D eigenvalue weighted by Gasteiger charge is -2.36. The number of para-hydroxylation sites is 1. The third kappa shape index (κ3) is 9.48. The number of unbranched alkanes of at least 4 members (excludes halogenated alkanes) is 1. The van der Waals surface area contributed by atoms with Crippen molar-refractivity contribution < 1.29 is 4.79 Å². The minimum Gasteiger partial charge on any atom is -0.369 e. The van der Waals surface area contributed by atoms with Crippen LogP contribution in [0, 0.1) is 0 Å². The van der Waals surface area contributed by atoms with E-state index in [0.29, 0.717) is 5.96 Å². The van der Waals surface area contributed by atoms with Crippen molar-refractivity contribution >= 4 is 17.6 Å². The molecule has 1 aromatic rings. The van der Waals surface area contributed by atoms with Gasteiger partial charge < -0.3 is 20.9 Å². The lowest BCUT2D eigenvalue weighted by molar-refractivity contribution is -0.121. The number of piperazine rings is 1. The van der Waals surface area contributed by atoms with Gasteiger partial charge >= 0.3 is 0 Å². The summed E-state index contributed by atoms with van der Waals surface area (Å²) >= 11 is 0. The van der Waals surface area contributed by atoms with Gasteiger partial charge in [-0.1, -0.05) is 18.2 Å². The van der Waals surface area contributed by atoms with Crippen LogP contribution < -0.4 is 20.9 Å². The number of nitrogens with zero attached hydrogens (tertiary/aromatic N) is 3. The number of aliphatic imine (C=N–C) groups is 1. The van der Waals surface area contributed by atoms with E-state index in [1.807, 2.05) is 27.7 Å². The van der Waals surface area contributed by atoms with Crippen LogP contribution in [0.4, 0.5) is 5.69 Å². The van der Waals surface area contributed by atoms with Gasteiger partial charge in [0.05, 0.1) is 0 Å². The van der Waals surface area contributed by atoms with E-state index in [0.717, 1.165) is 58.7 Å². The number of carbonyl (C=O) groups is 1. The van der Waals surface area contributed by atoms with E-state index in [9.17, 15) is 4.79 Å². The molecule has 1 saturated heterocycles. The highest BCUT2D eigenvalue weighted by atomic mass is 16.2. The predicted octanol–water partition coefficient (Wildman–Crippen LogP) is 2.06. The Kier molecular flexibility index (Phi) is 9.94. The van der Waals surface area contributed by atoms with Crippen molar-refractivity contribution in [1.29, 1.82) is 0 Å². The molecule has 0 atom stereocenters. The summed E-state index contributed by atoms with van der Waals surface area (Å²) in [6.07, 6.45) is 2.24. The normalized spacial score (nSPS) is 15.7. The first-order valence-electron chi connectivity index (χ1n) is 11.2. The molecule has 1 aliphatic rings. The predicted molar refractivity (Wildman–Crippen MR) is 126 cm³/mol. The van der Waals surface area contributed by atoms with Gasteiger partial charge in [0, 0.05) is 50.5 Å². The van der Waals surface area contributed by atoms with E-state index in [-0.39, 0.29) is 18.0 Å². The highest BCUT2D eigenvalue weighted by molar-refractivity contribution is 5.85. The second kappa shape index (κ2) is 12.4. The van der Waals surface area contributed by atoms with Gasteiger partial charge in [-0.2, -0.15) is 0 Å². The molecule has 3 N–H and O–H groups in total. The molecule has 1 amide bonds. The van der Waals surface area contributed by atoms with E-state index >= 15 is 0 Å². The second-order valence-corrected chi connectivity index (χ2v) is 8.79. The maximum atomic E-state index is 11.9. The average Bonchev–Trinajstić information content (AvgIpc) is 2.71. The summed E-state index contributed by atoms with van der Waals surface area (Å²) in [5.41, 5.74) is 1.10. The maximum absolute atomic E-state index is 11.9. The first-order chi connectivity index (χ1) is 14.4. The molecule has 168 valence electrons. The molecule has 1 heterocycles. The van der Waals surface area contributed by atoms with Gasteiger partial charge in [-0.25, -0.2) is 4.99 Å². The summed E-state index contributed by atoms with van der Waals surface area (Å²) in [5.74, 6) is 0.646. The van der Waals surface area contributed by atoms with Crippen LogP contribution in [0.2, 0.25) is 0 Å². The Bertz CT molecular complexity index is 647. The molecule has 0 bridgehead atoms. The molecule has 7 heteroatoms. The summed E-state index contributed by atoms with van der Waals surface area (Å²) in [6, 6.07) is 10.7. The number of nitrogens with one attached hydrogen (secondary N) is 3. The van der Waals surface area contributed by atoms with Crippen LogP contribution in [0.15, 0.2) is 35.3 Å². The lowest BCUT2D eigenvalue weighted by atomic mass is 10.1. The van der Waals surface area contributed by atoms with Gasteiger partial charge in [0.2, 0.25) is 5.91 Å². The van der Waals surface area contributed by atoms with Crippen molar-refractivity contribution in [3.63, 3.8) is 0 Å². The summed E-state index contributed by atoms with van der Waals surface area (Å²) in [5, 5.41) is 9.47. The molecular formula is C23H40N6O. The molecule has 0 unspecified atom stereocenters. The van der Waals surface area contributed by atoms with Crippen molar-refractivity contribution in [1.82, 2.24) is 20.9 Å². The Morgan fingerprint density at radius 2 is 1.73 bits per heavy atom. The molecule has 0 aromatic heterocycles. The van der Waals surface area contributed by atoms with Crippen LogP contribution in [0.25, 0.3) is 0 Å². The number of hydrogen-bond donors (Lipinski definition) is 3. The Hall–Kier alpha value is -2.28. The maximum Gasteiger partial charge on any atom is 0.242 e. The SMILES string of the molecule is CCNC(=NCC(=O)NC(C)(C)C)NCCCCN1CCN(c2ccccc2)CC1. The molecule has 0 saturated carbocycles. The number of benzene rings is 1. The topological polar surface area (TPSA) is 72.0 Å². The molecule has 1 fully saturated rings. The molecule has 1 aromatic carbocycles. The zero-order chi connectivity index (χ0) is 21.8. The van der Waals surface area contributed by atoms with E-state index in [2.05, 4.69) is 61.1 Å². The van der Waals surface area contributed by atoms with Crippen LogP contribution in [-0.2, 0) is 4.79 Å². The number of guanidine groups is 1. The molecule has 30 heavy (non-hydrogen) atoms. The van der Waals surface area contributed by atoms with Crippen molar-refractivity contribution in [3.05, 3.63) is 30.3 Å². The lowest BCUT2D eigenvalue weighted by Crippen LogP contribution is -2.46. The molecule has 1 aliphatic heterocycles. The van der Waals surface area contributed by atoms with Gasteiger partial charge in [-0.15, -0.1) is 0 Å². The minimum atomic E-state index is -0.231. The number of hydrogen-bond acceptors (Lipinski definition) is 4. The van der Waals surface area contributed by atoms with Crippen molar-refractivity contribution in [3.8, 4) is 0 Å². The number of carbonyl (C=O) groups excluding carboxylic acids is 1.